The van der Waals surface area contributed by atoms with E-state index in [2.05, 4.69) is 46.8 Å². The van der Waals surface area contributed by atoms with Gasteiger partial charge in [-0.05, 0) is 43.9 Å². The fourth-order valence-electron chi connectivity index (χ4n) is 3.52. The Hall–Kier alpha value is -2.70. The molecule has 1 aromatic rings. The maximum absolute atomic E-state index is 12.2. The highest BCUT2D eigenvalue weighted by Gasteiger charge is 2.28. The minimum absolute atomic E-state index is 0.218. The number of H-pyrrole nitrogens is 1. The third-order valence-electron chi connectivity index (χ3n) is 5.14. The van der Waals surface area contributed by atoms with Gasteiger partial charge in [-0.25, -0.2) is 9.78 Å². The summed E-state index contributed by atoms with van der Waals surface area (Å²) in [4.78, 5) is 37.1. The summed E-state index contributed by atoms with van der Waals surface area (Å²) in [6, 6.07) is 4.74. The van der Waals surface area contributed by atoms with Crippen LogP contribution in [0.15, 0.2) is 21.7 Å². The molecule has 0 amide bonds. The molecule has 1 N–H and O–H groups in total. The van der Waals surface area contributed by atoms with Crippen molar-refractivity contribution < 1.29 is 0 Å². The van der Waals surface area contributed by atoms with Gasteiger partial charge in [0.05, 0.1) is 11.0 Å². The van der Waals surface area contributed by atoms with Gasteiger partial charge in [-0.3, -0.25) is 9.78 Å². The van der Waals surface area contributed by atoms with Crippen LogP contribution in [0.1, 0.15) is 38.2 Å². The minimum Gasteiger partial charge on any atom is -0.371 e. The molecule has 0 aromatic heterocycles. The monoisotopic (exact) mass is 353 g/mol. The molecule has 3 aliphatic rings. The number of fused-ring (bicyclic) bond motifs is 2. The lowest BCUT2D eigenvalue weighted by Gasteiger charge is -2.23. The van der Waals surface area contributed by atoms with Crippen LogP contribution in [0.2, 0.25) is 0 Å². The second kappa shape index (κ2) is 6.23. The molecule has 7 heteroatoms. The van der Waals surface area contributed by atoms with Gasteiger partial charge in [-0.1, -0.05) is 13.3 Å². The Kier molecular flexibility index (Phi) is 4.01. The van der Waals surface area contributed by atoms with Gasteiger partial charge in [0.25, 0.3) is 5.56 Å². The van der Waals surface area contributed by atoms with Crippen molar-refractivity contribution in [2.45, 2.75) is 52.1 Å². The molecule has 0 radical (unpaired) electrons. The van der Waals surface area contributed by atoms with Crippen molar-refractivity contribution in [3.8, 4) is 11.5 Å². The molecule has 0 bridgehead atoms. The van der Waals surface area contributed by atoms with E-state index in [-0.39, 0.29) is 5.69 Å². The number of nitrogens with one attached hydrogen (secondary N) is 1. The number of benzene rings is 1. The highest BCUT2D eigenvalue weighted by atomic mass is 16.2. The molecule has 4 rings (SSSR count). The number of anilines is 1. The lowest BCUT2D eigenvalue weighted by Crippen LogP contribution is -2.29. The number of aromatic nitrogens is 4. The highest BCUT2D eigenvalue weighted by Crippen LogP contribution is 2.34. The molecule has 0 atom stereocenters. The first kappa shape index (κ1) is 16.8. The summed E-state index contributed by atoms with van der Waals surface area (Å²) in [5.41, 5.74) is 3.07. The predicted molar refractivity (Wildman–Crippen MR) is 102 cm³/mol. The van der Waals surface area contributed by atoms with Gasteiger partial charge < -0.3 is 9.47 Å². The molecular formula is C19H23N5O2. The maximum Gasteiger partial charge on any atom is 0.349 e. The number of nitrogens with zero attached hydrogens (tertiary/aromatic N) is 4. The second-order valence-corrected chi connectivity index (χ2v) is 7.13. The van der Waals surface area contributed by atoms with Crippen LogP contribution in [0.5, 0.6) is 0 Å². The van der Waals surface area contributed by atoms with E-state index in [0.717, 1.165) is 29.4 Å². The molecule has 1 aliphatic carbocycles. The summed E-state index contributed by atoms with van der Waals surface area (Å²) in [5, 5.41) is 0. The van der Waals surface area contributed by atoms with Crippen molar-refractivity contribution in [2.75, 3.05) is 11.9 Å². The number of aryl methyl sites for hydroxylation is 2. The van der Waals surface area contributed by atoms with Crippen molar-refractivity contribution >= 4 is 16.7 Å². The number of aromatic amines is 1. The Morgan fingerprint density at radius 1 is 1.27 bits per heavy atom. The molecule has 1 fully saturated rings. The first-order valence-electron chi connectivity index (χ1n) is 9.17. The zero-order valence-corrected chi connectivity index (χ0v) is 15.4. The molecule has 2 heterocycles. The molecular weight excluding hydrogens is 330 g/mol. The first-order valence-corrected chi connectivity index (χ1v) is 9.17. The van der Waals surface area contributed by atoms with Crippen molar-refractivity contribution in [2.24, 2.45) is 0 Å². The van der Waals surface area contributed by atoms with Crippen LogP contribution >= 0.6 is 0 Å². The van der Waals surface area contributed by atoms with Gasteiger partial charge in [0, 0.05) is 25.3 Å². The molecule has 7 nitrogen and oxygen atoms in total. The predicted octanol–water partition coefficient (Wildman–Crippen LogP) is 2.29. The lowest BCUT2D eigenvalue weighted by atomic mass is 10.1. The summed E-state index contributed by atoms with van der Waals surface area (Å²) in [6.45, 7) is 4.87. The summed E-state index contributed by atoms with van der Waals surface area (Å²) < 4.78 is 1.97. The Bertz CT molecular complexity index is 1060. The van der Waals surface area contributed by atoms with Crippen LogP contribution in [-0.2, 0) is 6.54 Å². The topological polar surface area (TPSA) is 83.9 Å². The standard InChI is InChI=1S/C19H23N5O2/c1-4-5-8-24-15-10-14(23(3)12-6-7-12)11(2)9-13(15)20-16-17(24)21-19(26)22-18(16)25/h9-10,12H,4-8H2,1-3H3,(H,22,25,26). The van der Waals surface area contributed by atoms with E-state index in [1.54, 1.807) is 0 Å². The van der Waals surface area contributed by atoms with Gasteiger partial charge in [0.2, 0.25) is 0 Å². The van der Waals surface area contributed by atoms with E-state index < -0.39 is 11.2 Å². The Labute approximate surface area is 151 Å². The number of hydrogen-bond acceptors (Lipinski definition) is 5. The normalized spacial score (nSPS) is 14.3. The maximum atomic E-state index is 12.2. The zero-order chi connectivity index (χ0) is 18.4. The number of unbranched alkanes of at least 4 members (excludes halogenated alkanes) is 1. The highest BCUT2D eigenvalue weighted by molar-refractivity contribution is 5.84. The van der Waals surface area contributed by atoms with Crippen molar-refractivity contribution in [1.29, 1.82) is 0 Å². The van der Waals surface area contributed by atoms with Crippen molar-refractivity contribution in [1.82, 2.24) is 19.5 Å². The van der Waals surface area contributed by atoms with Crippen LogP contribution in [0.4, 0.5) is 5.69 Å². The number of hydrogen-bond donors (Lipinski definition) is 1. The first-order chi connectivity index (χ1) is 12.5. The molecule has 1 saturated carbocycles. The van der Waals surface area contributed by atoms with E-state index in [1.165, 1.54) is 18.5 Å². The third kappa shape index (κ3) is 2.77. The Balaban J connectivity index is 2.04. The van der Waals surface area contributed by atoms with Crippen LogP contribution in [0.3, 0.4) is 0 Å². The smallest absolute Gasteiger partial charge is 0.349 e. The van der Waals surface area contributed by atoms with Crippen molar-refractivity contribution in [3.63, 3.8) is 0 Å². The minimum atomic E-state index is -0.628. The average molecular weight is 353 g/mol. The van der Waals surface area contributed by atoms with Crippen LogP contribution in [0.25, 0.3) is 22.6 Å². The van der Waals surface area contributed by atoms with E-state index in [4.69, 9.17) is 0 Å². The van der Waals surface area contributed by atoms with Gasteiger partial charge in [0.15, 0.2) is 11.5 Å². The molecule has 2 aliphatic heterocycles. The van der Waals surface area contributed by atoms with E-state index in [0.29, 0.717) is 18.4 Å². The fourth-order valence-corrected chi connectivity index (χ4v) is 3.52. The molecule has 136 valence electrons. The molecule has 0 spiro atoms. The molecule has 26 heavy (non-hydrogen) atoms. The summed E-state index contributed by atoms with van der Waals surface area (Å²) in [6.07, 6.45) is 4.38. The summed E-state index contributed by atoms with van der Waals surface area (Å²) in [7, 11) is 2.12. The molecule has 0 unspecified atom stereocenters. The molecule has 0 saturated heterocycles. The van der Waals surface area contributed by atoms with Gasteiger partial charge >= 0.3 is 5.69 Å². The second-order valence-electron chi connectivity index (χ2n) is 7.13. The third-order valence-corrected chi connectivity index (χ3v) is 5.14. The lowest BCUT2D eigenvalue weighted by molar-refractivity contribution is 0.638. The van der Waals surface area contributed by atoms with Gasteiger partial charge in [0.1, 0.15) is 0 Å². The largest absolute Gasteiger partial charge is 0.371 e. The van der Waals surface area contributed by atoms with Crippen LogP contribution < -0.4 is 16.1 Å². The average Bonchev–Trinajstić information content (AvgIpc) is 3.43. The van der Waals surface area contributed by atoms with Gasteiger partial charge in [-0.2, -0.15) is 4.98 Å². The Morgan fingerprint density at radius 3 is 2.73 bits per heavy atom. The number of rotatable bonds is 5. The Morgan fingerprint density at radius 2 is 2.04 bits per heavy atom. The van der Waals surface area contributed by atoms with E-state index >= 15 is 0 Å². The summed E-state index contributed by atoms with van der Waals surface area (Å²) in [5.74, 6) is 0.364. The van der Waals surface area contributed by atoms with Gasteiger partial charge in [-0.15, -0.1) is 0 Å². The SMILES string of the molecule is CCCCn1c2nc(=O)[nH]c(=O)c-2nc2cc(C)c(N(C)C3CC3)cc21. The van der Waals surface area contributed by atoms with Crippen LogP contribution in [-0.4, -0.2) is 32.6 Å². The van der Waals surface area contributed by atoms with E-state index in [9.17, 15) is 9.59 Å². The van der Waals surface area contributed by atoms with Crippen LogP contribution in [0, 0.1) is 6.92 Å². The van der Waals surface area contributed by atoms with Crippen molar-refractivity contribution in [3.05, 3.63) is 38.5 Å². The van der Waals surface area contributed by atoms with E-state index in [1.807, 2.05) is 10.6 Å². The zero-order valence-electron chi connectivity index (χ0n) is 15.4. The molecule has 1 aromatic carbocycles. The fraction of sp³-hybridized carbons (Fsp3) is 0.474. The quantitative estimate of drug-likeness (QED) is 0.712. The summed E-state index contributed by atoms with van der Waals surface area (Å²) >= 11 is 0.